The van der Waals surface area contributed by atoms with Gasteiger partial charge < -0.3 is 15.4 Å². The van der Waals surface area contributed by atoms with Crippen LogP contribution in [0.3, 0.4) is 0 Å². The van der Waals surface area contributed by atoms with Gasteiger partial charge in [-0.2, -0.15) is 5.10 Å². The normalized spacial score (nSPS) is 14.4. The van der Waals surface area contributed by atoms with E-state index < -0.39 is 0 Å². The maximum Gasteiger partial charge on any atom is 0.256 e. The molecule has 1 amide bonds. The number of carbonyl (C=O) groups is 1. The highest BCUT2D eigenvalue weighted by atomic mass is 16.5. The summed E-state index contributed by atoms with van der Waals surface area (Å²) in [6.07, 6.45) is 6.09. The highest BCUT2D eigenvalue weighted by molar-refractivity contribution is 6.04. The van der Waals surface area contributed by atoms with E-state index in [1.807, 2.05) is 53.5 Å². The summed E-state index contributed by atoms with van der Waals surface area (Å²) in [5, 5.41) is 19.9. The van der Waals surface area contributed by atoms with Crippen LogP contribution in [0.5, 0.6) is 5.75 Å². The van der Waals surface area contributed by atoms with Gasteiger partial charge in [0.15, 0.2) is 5.82 Å². The molecule has 1 aliphatic heterocycles. The van der Waals surface area contributed by atoms with Crippen molar-refractivity contribution in [3.63, 3.8) is 0 Å². The Hall–Kier alpha value is -3.78. The van der Waals surface area contributed by atoms with Crippen LogP contribution in [0, 0.1) is 0 Å². The third-order valence-electron chi connectivity index (χ3n) is 6.00. The van der Waals surface area contributed by atoms with Gasteiger partial charge >= 0.3 is 0 Å². The number of nitrogens with one attached hydrogen (secondary N) is 2. The first kappa shape index (κ1) is 22.0. The quantitative estimate of drug-likeness (QED) is 0.445. The number of fused-ring (bicyclic) bond motifs is 1. The van der Waals surface area contributed by atoms with Gasteiger partial charge in [-0.3, -0.25) is 9.48 Å². The van der Waals surface area contributed by atoms with Gasteiger partial charge in [0, 0.05) is 28.8 Å². The van der Waals surface area contributed by atoms with Crippen molar-refractivity contribution in [1.29, 1.82) is 0 Å². The van der Waals surface area contributed by atoms with Crippen molar-refractivity contribution in [2.75, 3.05) is 18.4 Å². The molecule has 5 rings (SSSR count). The number of hydrogen-bond acceptors (Lipinski definition) is 6. The summed E-state index contributed by atoms with van der Waals surface area (Å²) in [7, 11) is 0. The van der Waals surface area contributed by atoms with Crippen molar-refractivity contribution in [2.24, 2.45) is 0 Å². The number of nitrogens with zero attached hydrogens (tertiary/aromatic N) is 4. The first-order valence-corrected chi connectivity index (χ1v) is 11.7. The average Bonchev–Trinajstić information content (AvgIpc) is 3.36. The van der Waals surface area contributed by atoms with E-state index in [4.69, 9.17) is 4.74 Å². The fourth-order valence-electron chi connectivity index (χ4n) is 4.03. The lowest BCUT2D eigenvalue weighted by molar-refractivity contribution is 0.102. The van der Waals surface area contributed by atoms with Gasteiger partial charge in [0.05, 0.1) is 11.7 Å². The Bertz CT molecular complexity index is 1290. The summed E-state index contributed by atoms with van der Waals surface area (Å²) in [5.74, 6) is 0.946. The molecule has 8 nitrogen and oxygen atoms in total. The van der Waals surface area contributed by atoms with Crippen LogP contribution >= 0.6 is 0 Å². The van der Waals surface area contributed by atoms with Gasteiger partial charge in [0.1, 0.15) is 11.9 Å². The maximum atomic E-state index is 12.8. The zero-order chi connectivity index (χ0) is 23.5. The first-order valence-electron chi connectivity index (χ1n) is 11.7. The second kappa shape index (κ2) is 9.61. The summed E-state index contributed by atoms with van der Waals surface area (Å²) < 4.78 is 7.95. The fraction of sp³-hybridized carbons (Fsp3) is 0.308. The van der Waals surface area contributed by atoms with E-state index in [9.17, 15) is 4.79 Å². The monoisotopic (exact) mass is 456 g/mol. The van der Waals surface area contributed by atoms with Crippen LogP contribution in [0.25, 0.3) is 22.0 Å². The summed E-state index contributed by atoms with van der Waals surface area (Å²) in [4.78, 5) is 12.8. The Balaban J connectivity index is 1.29. The SMILES string of the molecule is CC(C)n1cc(-c2ccc3nnc(NC(=O)c4ccc(OC5CCNCC5)cc4)cc3c2)cn1. The fourth-order valence-corrected chi connectivity index (χ4v) is 4.03. The number of aromatic nitrogens is 4. The number of piperidine rings is 1. The molecule has 3 heterocycles. The van der Waals surface area contributed by atoms with Gasteiger partial charge in [-0.15, -0.1) is 10.2 Å². The van der Waals surface area contributed by atoms with Crippen molar-refractivity contribution < 1.29 is 9.53 Å². The van der Waals surface area contributed by atoms with E-state index >= 15 is 0 Å². The Morgan fingerprint density at radius 3 is 2.59 bits per heavy atom. The third-order valence-corrected chi connectivity index (χ3v) is 6.00. The molecule has 8 heteroatoms. The molecule has 0 atom stereocenters. The smallest absolute Gasteiger partial charge is 0.256 e. The van der Waals surface area contributed by atoms with Gasteiger partial charge in [-0.05, 0) is 87.8 Å². The zero-order valence-electron chi connectivity index (χ0n) is 19.4. The van der Waals surface area contributed by atoms with Crippen LogP contribution in [0.4, 0.5) is 5.82 Å². The minimum Gasteiger partial charge on any atom is -0.490 e. The lowest BCUT2D eigenvalue weighted by Gasteiger charge is -2.23. The van der Waals surface area contributed by atoms with E-state index in [2.05, 4.69) is 39.8 Å². The molecule has 0 bridgehead atoms. The molecule has 34 heavy (non-hydrogen) atoms. The van der Waals surface area contributed by atoms with E-state index in [1.54, 1.807) is 12.1 Å². The van der Waals surface area contributed by atoms with Crippen LogP contribution in [0.2, 0.25) is 0 Å². The third kappa shape index (κ3) is 4.92. The van der Waals surface area contributed by atoms with Crippen molar-refractivity contribution in [3.8, 4) is 16.9 Å². The number of hydrogen-bond donors (Lipinski definition) is 2. The topological polar surface area (TPSA) is 94.0 Å². The van der Waals surface area contributed by atoms with E-state index in [0.29, 0.717) is 17.4 Å². The largest absolute Gasteiger partial charge is 0.490 e. The predicted octanol–water partition coefficient (Wildman–Crippen LogP) is 4.46. The molecule has 0 saturated carbocycles. The first-order chi connectivity index (χ1) is 16.5. The molecule has 0 spiro atoms. The molecule has 2 aromatic carbocycles. The van der Waals surface area contributed by atoms with Crippen LogP contribution in [-0.4, -0.2) is 45.1 Å². The molecule has 0 aliphatic carbocycles. The standard InChI is InChI=1S/C26H28N6O2/c1-17(2)32-16-21(15-28-32)19-5-8-24-20(13-19)14-25(31-30-24)29-26(33)18-3-6-22(7-4-18)34-23-9-11-27-12-10-23/h3-8,13-17,23,27H,9-12H2,1-2H3,(H,29,31,33). The van der Waals surface area contributed by atoms with Gasteiger partial charge in [0.2, 0.25) is 0 Å². The number of carbonyl (C=O) groups excluding carboxylic acids is 1. The van der Waals surface area contributed by atoms with Crippen LogP contribution < -0.4 is 15.4 Å². The van der Waals surface area contributed by atoms with Crippen LogP contribution in [0.15, 0.2) is 60.9 Å². The molecular formula is C26H28N6O2. The number of benzene rings is 2. The molecule has 1 saturated heterocycles. The van der Waals surface area contributed by atoms with E-state index in [1.165, 1.54) is 0 Å². The second-order valence-corrected chi connectivity index (χ2v) is 8.85. The molecule has 4 aromatic rings. The van der Waals surface area contributed by atoms with Gasteiger partial charge in [-0.1, -0.05) is 6.07 Å². The summed E-state index contributed by atoms with van der Waals surface area (Å²) in [5.41, 5.74) is 3.37. The Morgan fingerprint density at radius 2 is 1.85 bits per heavy atom. The average molecular weight is 457 g/mol. The van der Waals surface area contributed by atoms with Crippen molar-refractivity contribution >= 4 is 22.6 Å². The molecule has 2 N–H and O–H groups in total. The number of anilines is 1. The highest BCUT2D eigenvalue weighted by Crippen LogP contribution is 2.25. The number of ether oxygens (including phenoxy) is 1. The summed E-state index contributed by atoms with van der Waals surface area (Å²) in [6.45, 7) is 6.13. The molecule has 2 aromatic heterocycles. The van der Waals surface area contributed by atoms with Crippen molar-refractivity contribution in [2.45, 2.75) is 38.8 Å². The number of amides is 1. The summed E-state index contributed by atoms with van der Waals surface area (Å²) >= 11 is 0. The molecule has 1 aliphatic rings. The van der Waals surface area contributed by atoms with E-state index in [-0.39, 0.29) is 12.0 Å². The van der Waals surface area contributed by atoms with Crippen molar-refractivity contribution in [3.05, 3.63) is 66.5 Å². The second-order valence-electron chi connectivity index (χ2n) is 8.85. The van der Waals surface area contributed by atoms with Gasteiger partial charge in [0.25, 0.3) is 5.91 Å². The minimum atomic E-state index is -0.239. The van der Waals surface area contributed by atoms with E-state index in [0.717, 1.165) is 53.7 Å². The molecule has 0 radical (unpaired) electrons. The Labute approximate surface area is 198 Å². The van der Waals surface area contributed by atoms with Crippen molar-refractivity contribution in [1.82, 2.24) is 25.3 Å². The zero-order valence-corrected chi connectivity index (χ0v) is 19.4. The lowest BCUT2D eigenvalue weighted by atomic mass is 10.1. The minimum absolute atomic E-state index is 0.221. The molecule has 0 unspecified atom stereocenters. The summed E-state index contributed by atoms with van der Waals surface area (Å²) in [6, 6.07) is 15.3. The molecule has 1 fully saturated rings. The maximum absolute atomic E-state index is 12.8. The predicted molar refractivity (Wildman–Crippen MR) is 132 cm³/mol. The lowest BCUT2D eigenvalue weighted by Crippen LogP contribution is -2.34. The highest BCUT2D eigenvalue weighted by Gasteiger charge is 2.15. The number of rotatable bonds is 6. The van der Waals surface area contributed by atoms with Gasteiger partial charge in [-0.25, -0.2) is 0 Å². The molecular weight excluding hydrogens is 428 g/mol. The Morgan fingerprint density at radius 1 is 1.06 bits per heavy atom. The molecule has 174 valence electrons. The van der Waals surface area contributed by atoms with Crippen LogP contribution in [0.1, 0.15) is 43.1 Å². The van der Waals surface area contributed by atoms with Crippen LogP contribution in [-0.2, 0) is 0 Å². The Kier molecular flexibility index (Phi) is 6.22.